The Balaban J connectivity index is 1.54. The Bertz CT molecular complexity index is 1260. The summed E-state index contributed by atoms with van der Waals surface area (Å²) in [7, 11) is 0. The summed E-state index contributed by atoms with van der Waals surface area (Å²) in [6.45, 7) is 0. The lowest BCUT2D eigenvalue weighted by molar-refractivity contribution is 0.628. The summed E-state index contributed by atoms with van der Waals surface area (Å²) in [5.74, 6) is -0.219. The average Bonchev–Trinajstić information content (AvgIpc) is 3.18. The number of thiophene rings is 1. The molecule has 5 rings (SSSR count). The Labute approximate surface area is 166 Å². The van der Waals surface area contributed by atoms with Crippen LogP contribution in [0.3, 0.4) is 0 Å². The second-order valence-electron chi connectivity index (χ2n) is 6.64. The van der Waals surface area contributed by atoms with E-state index in [1.54, 1.807) is 11.3 Å². The number of hydrogen-bond donors (Lipinski definition) is 0. The highest BCUT2D eigenvalue weighted by Gasteiger charge is 2.08. The number of hydrogen-bond acceptors (Lipinski definition) is 2. The number of aromatic nitrogens is 1. The van der Waals surface area contributed by atoms with Crippen LogP contribution < -0.4 is 0 Å². The molecular formula is C25H16FNS. The van der Waals surface area contributed by atoms with Crippen LogP contribution in [-0.4, -0.2) is 4.98 Å². The molecule has 0 aliphatic carbocycles. The number of pyridine rings is 1. The van der Waals surface area contributed by atoms with E-state index in [0.717, 1.165) is 31.9 Å². The zero-order valence-corrected chi connectivity index (χ0v) is 15.8. The van der Waals surface area contributed by atoms with Gasteiger partial charge in [-0.05, 0) is 53.1 Å². The summed E-state index contributed by atoms with van der Waals surface area (Å²) in [6.07, 6.45) is 0. The number of halogens is 1. The van der Waals surface area contributed by atoms with E-state index < -0.39 is 0 Å². The minimum absolute atomic E-state index is 0.219. The topological polar surface area (TPSA) is 12.9 Å². The largest absolute Gasteiger partial charge is 0.247 e. The fourth-order valence-corrected chi connectivity index (χ4v) is 4.34. The van der Waals surface area contributed by atoms with Gasteiger partial charge in [0.25, 0.3) is 0 Å². The van der Waals surface area contributed by atoms with Gasteiger partial charge in [-0.1, -0.05) is 60.7 Å². The van der Waals surface area contributed by atoms with Crippen LogP contribution in [-0.2, 0) is 0 Å². The monoisotopic (exact) mass is 381 g/mol. The van der Waals surface area contributed by atoms with Gasteiger partial charge in [-0.2, -0.15) is 0 Å². The average molecular weight is 381 g/mol. The molecule has 28 heavy (non-hydrogen) atoms. The number of rotatable bonds is 3. The van der Waals surface area contributed by atoms with Crippen molar-refractivity contribution in [3.63, 3.8) is 0 Å². The van der Waals surface area contributed by atoms with Crippen molar-refractivity contribution in [1.82, 2.24) is 4.98 Å². The van der Waals surface area contributed by atoms with Gasteiger partial charge in [0, 0.05) is 10.4 Å². The van der Waals surface area contributed by atoms with Gasteiger partial charge in [0.2, 0.25) is 0 Å². The van der Waals surface area contributed by atoms with Crippen LogP contribution in [0, 0.1) is 5.82 Å². The van der Waals surface area contributed by atoms with Crippen molar-refractivity contribution in [2.45, 2.75) is 0 Å². The Morgan fingerprint density at radius 1 is 0.607 bits per heavy atom. The second kappa shape index (κ2) is 7.02. The molecule has 0 unspecified atom stereocenters. The lowest BCUT2D eigenvalue weighted by Crippen LogP contribution is -1.84. The summed E-state index contributed by atoms with van der Waals surface area (Å²) < 4.78 is 14.3. The van der Waals surface area contributed by atoms with Gasteiger partial charge in [0.05, 0.1) is 15.9 Å². The van der Waals surface area contributed by atoms with Gasteiger partial charge < -0.3 is 0 Å². The van der Waals surface area contributed by atoms with Crippen molar-refractivity contribution in [2.75, 3.05) is 0 Å². The molecule has 5 aromatic rings. The first-order valence-corrected chi connectivity index (χ1v) is 9.90. The van der Waals surface area contributed by atoms with E-state index in [0.29, 0.717) is 0 Å². The van der Waals surface area contributed by atoms with Gasteiger partial charge >= 0.3 is 0 Å². The molecule has 134 valence electrons. The van der Waals surface area contributed by atoms with Crippen molar-refractivity contribution >= 4 is 21.6 Å². The second-order valence-corrected chi connectivity index (χ2v) is 7.73. The Morgan fingerprint density at radius 2 is 1.36 bits per heavy atom. The molecule has 0 saturated carbocycles. The van der Waals surface area contributed by atoms with Gasteiger partial charge in [0.15, 0.2) is 0 Å². The lowest BCUT2D eigenvalue weighted by Gasteiger charge is -2.05. The molecule has 0 amide bonds. The first-order chi connectivity index (χ1) is 13.8. The minimum Gasteiger partial charge on any atom is -0.247 e. The Morgan fingerprint density at radius 3 is 2.18 bits per heavy atom. The van der Waals surface area contributed by atoms with E-state index in [2.05, 4.69) is 66.7 Å². The number of fused-ring (bicyclic) bond motifs is 1. The predicted octanol–water partition coefficient (Wildman–Crippen LogP) is 7.44. The molecular weight excluding hydrogens is 365 g/mol. The standard InChI is InChI=1S/C25H16FNS/c26-21-11-9-18(10-12-21)25-16-23-24(28-25)14-13-22(27-23)20-8-4-7-19(15-20)17-5-2-1-3-6-17/h1-16H. The van der Waals surface area contributed by atoms with Crippen molar-refractivity contribution in [1.29, 1.82) is 0 Å². The molecule has 3 aromatic carbocycles. The summed E-state index contributed by atoms with van der Waals surface area (Å²) in [6, 6.07) is 31.7. The summed E-state index contributed by atoms with van der Waals surface area (Å²) in [5, 5.41) is 0. The van der Waals surface area contributed by atoms with Crippen LogP contribution >= 0.6 is 11.3 Å². The highest BCUT2D eigenvalue weighted by molar-refractivity contribution is 7.22. The zero-order chi connectivity index (χ0) is 18.9. The van der Waals surface area contributed by atoms with E-state index in [4.69, 9.17) is 4.98 Å². The quantitative estimate of drug-likeness (QED) is 0.316. The molecule has 2 heterocycles. The Kier molecular flexibility index (Phi) is 4.22. The van der Waals surface area contributed by atoms with Gasteiger partial charge in [-0.3, -0.25) is 0 Å². The fraction of sp³-hybridized carbons (Fsp3) is 0. The van der Waals surface area contributed by atoms with Crippen molar-refractivity contribution in [3.05, 3.63) is 103 Å². The van der Waals surface area contributed by atoms with E-state index >= 15 is 0 Å². The third kappa shape index (κ3) is 3.21. The van der Waals surface area contributed by atoms with Crippen LogP contribution in [0.4, 0.5) is 4.39 Å². The van der Waals surface area contributed by atoms with Gasteiger partial charge in [-0.25, -0.2) is 9.37 Å². The molecule has 0 radical (unpaired) electrons. The van der Waals surface area contributed by atoms with Crippen molar-refractivity contribution in [2.24, 2.45) is 0 Å². The SMILES string of the molecule is Fc1ccc(-c2cc3nc(-c4cccc(-c5ccccc5)c4)ccc3s2)cc1. The highest BCUT2D eigenvalue weighted by Crippen LogP contribution is 2.34. The van der Waals surface area contributed by atoms with E-state index in [1.807, 2.05) is 18.2 Å². The first kappa shape index (κ1) is 16.8. The van der Waals surface area contributed by atoms with Crippen LogP contribution in [0.1, 0.15) is 0 Å². The Hall–Kier alpha value is -3.30. The summed E-state index contributed by atoms with van der Waals surface area (Å²) in [4.78, 5) is 5.98. The van der Waals surface area contributed by atoms with E-state index in [-0.39, 0.29) is 5.82 Å². The molecule has 3 heteroatoms. The molecule has 0 atom stereocenters. The molecule has 2 aromatic heterocycles. The molecule has 0 aliphatic rings. The maximum atomic E-state index is 13.2. The van der Waals surface area contributed by atoms with Crippen molar-refractivity contribution < 1.29 is 4.39 Å². The maximum Gasteiger partial charge on any atom is 0.123 e. The molecule has 0 bridgehead atoms. The molecule has 0 aliphatic heterocycles. The number of nitrogens with zero attached hydrogens (tertiary/aromatic N) is 1. The number of benzene rings is 3. The van der Waals surface area contributed by atoms with Gasteiger partial charge in [-0.15, -0.1) is 11.3 Å². The van der Waals surface area contributed by atoms with Crippen LogP contribution in [0.25, 0.3) is 43.0 Å². The predicted molar refractivity (Wildman–Crippen MR) is 116 cm³/mol. The van der Waals surface area contributed by atoms with Gasteiger partial charge in [0.1, 0.15) is 5.82 Å². The summed E-state index contributed by atoms with van der Waals surface area (Å²) >= 11 is 1.68. The third-order valence-corrected chi connectivity index (χ3v) is 5.91. The third-order valence-electron chi connectivity index (χ3n) is 4.77. The van der Waals surface area contributed by atoms with E-state index in [9.17, 15) is 4.39 Å². The molecule has 0 spiro atoms. The fourth-order valence-electron chi connectivity index (χ4n) is 3.33. The van der Waals surface area contributed by atoms with Crippen molar-refractivity contribution in [3.8, 4) is 32.8 Å². The van der Waals surface area contributed by atoms with Crippen LogP contribution in [0.15, 0.2) is 97.1 Å². The van der Waals surface area contributed by atoms with Crippen LogP contribution in [0.5, 0.6) is 0 Å². The zero-order valence-electron chi connectivity index (χ0n) is 15.0. The molecule has 0 fully saturated rings. The van der Waals surface area contributed by atoms with Crippen LogP contribution in [0.2, 0.25) is 0 Å². The smallest absolute Gasteiger partial charge is 0.123 e. The summed E-state index contributed by atoms with van der Waals surface area (Å²) in [5.41, 5.74) is 6.40. The van der Waals surface area contributed by atoms with E-state index in [1.165, 1.54) is 23.3 Å². The molecule has 0 saturated heterocycles. The maximum absolute atomic E-state index is 13.2. The molecule has 0 N–H and O–H groups in total. The normalized spacial score (nSPS) is 11.0. The minimum atomic E-state index is -0.219. The first-order valence-electron chi connectivity index (χ1n) is 9.09. The highest BCUT2D eigenvalue weighted by atomic mass is 32.1. The lowest BCUT2D eigenvalue weighted by atomic mass is 10.0. The molecule has 1 nitrogen and oxygen atoms in total.